The molecule has 1 aliphatic rings. The number of carbonyl (C=O) groups excluding carboxylic acids is 1. The molecule has 1 aliphatic heterocycles. The van der Waals surface area contributed by atoms with Gasteiger partial charge in [-0.3, -0.25) is 4.90 Å². The number of aromatic amines is 1. The number of rotatable bonds is 6. The number of carboxylic acid groups (broad SMARTS) is 2. The van der Waals surface area contributed by atoms with Crippen LogP contribution in [0, 0.1) is 11.3 Å². The first-order chi connectivity index (χ1) is 13.3. The van der Waals surface area contributed by atoms with Gasteiger partial charge in [-0.15, -0.1) is 0 Å². The number of hydrogen-bond donors (Lipinski definition) is 3. The van der Waals surface area contributed by atoms with Crippen LogP contribution in [0.15, 0.2) is 30.3 Å². The summed E-state index contributed by atoms with van der Waals surface area (Å²) in [6, 6.07) is 9.42. The van der Waals surface area contributed by atoms with E-state index in [0.717, 1.165) is 6.07 Å². The van der Waals surface area contributed by atoms with Gasteiger partial charge < -0.3 is 24.7 Å². The van der Waals surface area contributed by atoms with Crippen molar-refractivity contribution in [3.8, 4) is 11.8 Å². The number of anilines is 1. The summed E-state index contributed by atoms with van der Waals surface area (Å²) in [7, 11) is 0. The molecule has 0 radical (unpaired) electrons. The van der Waals surface area contributed by atoms with Crippen molar-refractivity contribution < 1.29 is 34.1 Å². The molecule has 1 amide bonds. The highest BCUT2D eigenvalue weighted by atomic mass is 16.6. The summed E-state index contributed by atoms with van der Waals surface area (Å²) in [5.74, 6) is -2.87. The van der Waals surface area contributed by atoms with Crippen LogP contribution in [0.4, 0.5) is 10.5 Å². The molecule has 0 saturated carbocycles. The van der Waals surface area contributed by atoms with Gasteiger partial charge in [-0.05, 0) is 31.2 Å². The number of aromatic nitrogens is 1. The van der Waals surface area contributed by atoms with E-state index < -0.39 is 35.9 Å². The van der Waals surface area contributed by atoms with Crippen molar-refractivity contribution in [2.75, 3.05) is 11.4 Å². The fourth-order valence-electron chi connectivity index (χ4n) is 2.73. The molecule has 2 aromatic rings. The van der Waals surface area contributed by atoms with Crippen LogP contribution in [0.2, 0.25) is 0 Å². The van der Waals surface area contributed by atoms with Crippen LogP contribution in [0.1, 0.15) is 33.5 Å². The first kappa shape index (κ1) is 18.8. The number of cyclic esters (lactones) is 1. The minimum absolute atomic E-state index is 0.143. The molecule has 2 heterocycles. The van der Waals surface area contributed by atoms with E-state index >= 15 is 0 Å². The van der Waals surface area contributed by atoms with Gasteiger partial charge in [0.25, 0.3) is 0 Å². The molecule has 10 nitrogen and oxygen atoms in total. The van der Waals surface area contributed by atoms with Crippen molar-refractivity contribution in [1.82, 2.24) is 4.98 Å². The average molecular weight is 385 g/mol. The Labute approximate surface area is 158 Å². The lowest BCUT2D eigenvalue weighted by atomic mass is 10.2. The second kappa shape index (κ2) is 7.32. The number of amides is 1. The topological polar surface area (TPSA) is 153 Å². The monoisotopic (exact) mass is 385 g/mol. The van der Waals surface area contributed by atoms with Gasteiger partial charge in [0.2, 0.25) is 0 Å². The molecule has 3 N–H and O–H groups in total. The van der Waals surface area contributed by atoms with E-state index in [1.165, 1.54) is 4.90 Å². The third-order valence-electron chi connectivity index (χ3n) is 4.21. The second-order valence-electron chi connectivity index (χ2n) is 6.05. The standard InChI is InChI=1S/C18H15N3O7/c1-9(27-13-6-12(16(22)23)20-15(13)17(24)25)14-8-21(18(26)28-14)11-4-2-10(7-19)3-5-11/h2-6,9,14,20H,8H2,1H3,(H,22,23)(H,24,25). The van der Waals surface area contributed by atoms with Crippen LogP contribution >= 0.6 is 0 Å². The van der Waals surface area contributed by atoms with E-state index in [9.17, 15) is 19.5 Å². The summed E-state index contributed by atoms with van der Waals surface area (Å²) >= 11 is 0. The summed E-state index contributed by atoms with van der Waals surface area (Å²) in [6.07, 6.45) is -2.07. The molecule has 10 heteroatoms. The zero-order chi connectivity index (χ0) is 20.4. The summed E-state index contributed by atoms with van der Waals surface area (Å²) < 4.78 is 10.9. The van der Waals surface area contributed by atoms with Crippen molar-refractivity contribution in [3.05, 3.63) is 47.3 Å². The Morgan fingerprint density at radius 3 is 2.57 bits per heavy atom. The minimum atomic E-state index is -1.38. The summed E-state index contributed by atoms with van der Waals surface area (Å²) in [6.45, 7) is 1.73. The highest BCUT2D eigenvalue weighted by Gasteiger charge is 2.37. The number of nitrogens with one attached hydrogen (secondary N) is 1. The van der Waals surface area contributed by atoms with Crippen LogP contribution in [-0.4, -0.2) is 52.0 Å². The van der Waals surface area contributed by atoms with Crippen molar-refractivity contribution >= 4 is 23.7 Å². The van der Waals surface area contributed by atoms with Gasteiger partial charge in [0.15, 0.2) is 17.5 Å². The Morgan fingerprint density at radius 2 is 2.00 bits per heavy atom. The first-order valence-corrected chi connectivity index (χ1v) is 8.14. The largest absolute Gasteiger partial charge is 0.484 e. The van der Waals surface area contributed by atoms with Crippen LogP contribution < -0.4 is 9.64 Å². The van der Waals surface area contributed by atoms with Crippen molar-refractivity contribution in [1.29, 1.82) is 5.26 Å². The van der Waals surface area contributed by atoms with E-state index in [-0.39, 0.29) is 18.0 Å². The molecule has 1 saturated heterocycles. The van der Waals surface area contributed by atoms with Gasteiger partial charge in [-0.2, -0.15) is 5.26 Å². The second-order valence-corrected chi connectivity index (χ2v) is 6.05. The van der Waals surface area contributed by atoms with Crippen LogP contribution in [0.25, 0.3) is 0 Å². The van der Waals surface area contributed by atoms with Gasteiger partial charge in [-0.25, -0.2) is 14.4 Å². The number of H-pyrrole nitrogens is 1. The lowest BCUT2D eigenvalue weighted by Crippen LogP contribution is -2.33. The van der Waals surface area contributed by atoms with Crippen molar-refractivity contribution in [2.24, 2.45) is 0 Å². The summed E-state index contributed by atoms with van der Waals surface area (Å²) in [5.41, 5.74) is 0.256. The Kier molecular flexibility index (Phi) is 4.91. The lowest BCUT2D eigenvalue weighted by molar-refractivity contribution is 0.0543. The Balaban J connectivity index is 1.74. The molecule has 1 aromatic heterocycles. The molecule has 144 valence electrons. The Hall–Kier alpha value is -4.00. The highest BCUT2D eigenvalue weighted by Crippen LogP contribution is 2.27. The maximum atomic E-state index is 12.2. The quantitative estimate of drug-likeness (QED) is 0.683. The third-order valence-corrected chi connectivity index (χ3v) is 4.21. The Bertz CT molecular complexity index is 974. The number of nitriles is 1. The molecule has 1 aromatic carbocycles. The fraction of sp³-hybridized carbons (Fsp3) is 0.222. The van der Waals surface area contributed by atoms with E-state index in [2.05, 4.69) is 4.98 Å². The van der Waals surface area contributed by atoms with Gasteiger partial charge in [0.05, 0.1) is 18.2 Å². The van der Waals surface area contributed by atoms with E-state index in [1.54, 1.807) is 31.2 Å². The van der Waals surface area contributed by atoms with Crippen molar-refractivity contribution in [2.45, 2.75) is 19.1 Å². The zero-order valence-electron chi connectivity index (χ0n) is 14.6. The zero-order valence-corrected chi connectivity index (χ0v) is 14.6. The molecule has 0 spiro atoms. The smallest absolute Gasteiger partial charge is 0.414 e. The highest BCUT2D eigenvalue weighted by molar-refractivity contribution is 5.94. The number of benzene rings is 1. The number of carboxylic acids is 2. The molecule has 2 unspecified atom stereocenters. The maximum Gasteiger partial charge on any atom is 0.414 e. The van der Waals surface area contributed by atoms with Crippen LogP contribution in [0.5, 0.6) is 5.75 Å². The van der Waals surface area contributed by atoms with Gasteiger partial charge in [-0.1, -0.05) is 0 Å². The summed E-state index contributed by atoms with van der Waals surface area (Å²) in [5, 5.41) is 27.0. The predicted molar refractivity (Wildman–Crippen MR) is 93.6 cm³/mol. The third kappa shape index (κ3) is 3.59. The average Bonchev–Trinajstić information content (AvgIpc) is 3.26. The summed E-state index contributed by atoms with van der Waals surface area (Å²) in [4.78, 5) is 38.1. The SMILES string of the molecule is CC(Oc1cc(C(=O)O)[nH]c1C(=O)O)C1CN(c2ccc(C#N)cc2)C(=O)O1. The first-order valence-electron chi connectivity index (χ1n) is 8.14. The molecule has 0 aliphatic carbocycles. The van der Waals surface area contributed by atoms with E-state index in [4.69, 9.17) is 19.8 Å². The van der Waals surface area contributed by atoms with E-state index in [0.29, 0.717) is 11.3 Å². The van der Waals surface area contributed by atoms with Crippen LogP contribution in [-0.2, 0) is 4.74 Å². The van der Waals surface area contributed by atoms with Crippen LogP contribution in [0.3, 0.4) is 0 Å². The fourth-order valence-corrected chi connectivity index (χ4v) is 2.73. The number of nitrogens with zero attached hydrogens (tertiary/aromatic N) is 2. The number of ether oxygens (including phenoxy) is 2. The molecule has 28 heavy (non-hydrogen) atoms. The lowest BCUT2D eigenvalue weighted by Gasteiger charge is -2.19. The molecule has 0 bridgehead atoms. The molecule has 2 atom stereocenters. The van der Waals surface area contributed by atoms with E-state index in [1.807, 2.05) is 6.07 Å². The minimum Gasteiger partial charge on any atom is -0.484 e. The molecule has 3 rings (SSSR count). The predicted octanol–water partition coefficient (Wildman–Crippen LogP) is 2.08. The van der Waals surface area contributed by atoms with Gasteiger partial charge >= 0.3 is 18.0 Å². The van der Waals surface area contributed by atoms with Crippen molar-refractivity contribution in [3.63, 3.8) is 0 Å². The Morgan fingerprint density at radius 1 is 1.32 bits per heavy atom. The number of carbonyl (C=O) groups is 3. The van der Waals surface area contributed by atoms with Gasteiger partial charge in [0, 0.05) is 11.8 Å². The molecule has 1 fully saturated rings. The number of hydrogen-bond acceptors (Lipinski definition) is 6. The number of aromatic carboxylic acids is 2. The molecular formula is C18H15N3O7. The van der Waals surface area contributed by atoms with Gasteiger partial charge in [0.1, 0.15) is 11.8 Å². The maximum absolute atomic E-state index is 12.2. The normalized spacial score (nSPS) is 16.9. The molecular weight excluding hydrogens is 370 g/mol.